The summed E-state index contributed by atoms with van der Waals surface area (Å²) in [5.41, 5.74) is 3.03. The first-order valence-corrected chi connectivity index (χ1v) is 8.62. The van der Waals surface area contributed by atoms with E-state index in [0.29, 0.717) is 12.8 Å². The molecule has 0 fully saturated rings. The minimum atomic E-state index is -1.03. The smallest absolute Gasteiger partial charge is 0.332 e. The second-order valence-electron chi connectivity index (χ2n) is 6.78. The first kappa shape index (κ1) is 16.4. The molecule has 0 aliphatic heterocycles. The van der Waals surface area contributed by atoms with Crippen LogP contribution in [0.1, 0.15) is 16.7 Å². The SMILES string of the molecule is COC(=O)C1(NC(=O)Cc2c[nH]c3ccccc23)Cc2ccccc2C1. The van der Waals surface area contributed by atoms with Crippen molar-refractivity contribution in [1.82, 2.24) is 10.3 Å². The highest BCUT2D eigenvalue weighted by Gasteiger charge is 2.46. The van der Waals surface area contributed by atoms with Crippen molar-refractivity contribution in [3.63, 3.8) is 0 Å². The number of ether oxygens (including phenoxy) is 1. The van der Waals surface area contributed by atoms with Gasteiger partial charge < -0.3 is 15.0 Å². The lowest BCUT2D eigenvalue weighted by Crippen LogP contribution is -2.56. The molecule has 132 valence electrons. The molecule has 5 heteroatoms. The van der Waals surface area contributed by atoms with Crippen LogP contribution in [0.3, 0.4) is 0 Å². The number of nitrogens with one attached hydrogen (secondary N) is 2. The summed E-state index contributed by atoms with van der Waals surface area (Å²) in [5.74, 6) is -0.589. The van der Waals surface area contributed by atoms with Crippen LogP contribution in [-0.2, 0) is 33.6 Å². The van der Waals surface area contributed by atoms with E-state index in [1.165, 1.54) is 7.11 Å². The third-order valence-corrected chi connectivity index (χ3v) is 5.08. The molecule has 2 N–H and O–H groups in total. The summed E-state index contributed by atoms with van der Waals surface area (Å²) in [5, 5.41) is 3.98. The molecular weight excluding hydrogens is 328 g/mol. The van der Waals surface area contributed by atoms with Gasteiger partial charge in [-0.2, -0.15) is 0 Å². The van der Waals surface area contributed by atoms with E-state index in [4.69, 9.17) is 4.74 Å². The Hall–Kier alpha value is -3.08. The van der Waals surface area contributed by atoms with Crippen LogP contribution in [0.25, 0.3) is 10.9 Å². The highest BCUT2D eigenvalue weighted by molar-refractivity contribution is 5.93. The number of esters is 1. The third kappa shape index (κ3) is 2.75. The van der Waals surface area contributed by atoms with Crippen molar-refractivity contribution in [2.75, 3.05) is 7.11 Å². The number of aromatic amines is 1. The second kappa shape index (κ2) is 6.33. The summed E-state index contributed by atoms with van der Waals surface area (Å²) < 4.78 is 5.02. The van der Waals surface area contributed by atoms with Gasteiger partial charge in [0.05, 0.1) is 13.5 Å². The van der Waals surface area contributed by atoms with Crippen LogP contribution in [0.5, 0.6) is 0 Å². The number of hydrogen-bond acceptors (Lipinski definition) is 3. The third-order valence-electron chi connectivity index (χ3n) is 5.08. The number of carbonyl (C=O) groups is 2. The van der Waals surface area contributed by atoms with E-state index in [0.717, 1.165) is 27.6 Å². The van der Waals surface area contributed by atoms with Gasteiger partial charge in [-0.1, -0.05) is 42.5 Å². The number of aromatic nitrogens is 1. The largest absolute Gasteiger partial charge is 0.467 e. The van der Waals surface area contributed by atoms with Crippen LogP contribution in [0.15, 0.2) is 54.7 Å². The Morgan fingerprint density at radius 2 is 1.73 bits per heavy atom. The quantitative estimate of drug-likeness (QED) is 0.712. The van der Waals surface area contributed by atoms with E-state index < -0.39 is 11.5 Å². The number of para-hydroxylation sites is 1. The summed E-state index contributed by atoms with van der Waals surface area (Å²) >= 11 is 0. The van der Waals surface area contributed by atoms with Crippen LogP contribution in [0.2, 0.25) is 0 Å². The minimum Gasteiger partial charge on any atom is -0.467 e. The van der Waals surface area contributed by atoms with Gasteiger partial charge in [-0.25, -0.2) is 4.79 Å². The molecule has 1 aromatic heterocycles. The second-order valence-corrected chi connectivity index (χ2v) is 6.78. The van der Waals surface area contributed by atoms with E-state index in [-0.39, 0.29) is 12.3 Å². The van der Waals surface area contributed by atoms with E-state index >= 15 is 0 Å². The molecule has 2 aromatic carbocycles. The zero-order valence-corrected chi connectivity index (χ0v) is 14.5. The van der Waals surface area contributed by atoms with E-state index in [9.17, 15) is 9.59 Å². The van der Waals surface area contributed by atoms with E-state index in [1.54, 1.807) is 0 Å². The van der Waals surface area contributed by atoms with Crippen LogP contribution >= 0.6 is 0 Å². The molecular formula is C21H20N2O3. The number of benzene rings is 2. The molecule has 1 amide bonds. The Kier molecular flexibility index (Phi) is 3.99. The molecule has 5 nitrogen and oxygen atoms in total. The molecule has 4 rings (SSSR count). The summed E-state index contributed by atoms with van der Waals surface area (Å²) in [4.78, 5) is 28.4. The standard InChI is InChI=1S/C21H20N2O3/c1-26-20(25)21(11-14-6-2-3-7-15(14)12-21)23-19(24)10-16-13-22-18-9-5-4-8-17(16)18/h2-9,13,22H,10-12H2,1H3,(H,23,24). The fourth-order valence-electron chi connectivity index (χ4n) is 3.86. The van der Waals surface area contributed by atoms with Crippen LogP contribution in [0, 0.1) is 0 Å². The number of carbonyl (C=O) groups excluding carboxylic acids is 2. The lowest BCUT2D eigenvalue weighted by atomic mass is 9.95. The van der Waals surface area contributed by atoms with Crippen molar-refractivity contribution in [3.05, 3.63) is 71.4 Å². The number of fused-ring (bicyclic) bond motifs is 2. The first-order chi connectivity index (χ1) is 12.6. The molecule has 0 radical (unpaired) electrons. The van der Waals surface area contributed by atoms with Gasteiger partial charge in [0.15, 0.2) is 0 Å². The molecule has 1 aliphatic rings. The molecule has 0 spiro atoms. The van der Waals surface area contributed by atoms with Gasteiger partial charge in [-0.15, -0.1) is 0 Å². The summed E-state index contributed by atoms with van der Waals surface area (Å²) in [6, 6.07) is 15.7. The average molecular weight is 348 g/mol. The Morgan fingerprint density at radius 1 is 1.08 bits per heavy atom. The Balaban J connectivity index is 1.57. The molecule has 0 unspecified atom stereocenters. The zero-order valence-electron chi connectivity index (χ0n) is 14.5. The Morgan fingerprint density at radius 3 is 2.42 bits per heavy atom. The molecule has 3 aromatic rings. The lowest BCUT2D eigenvalue weighted by Gasteiger charge is -2.27. The van der Waals surface area contributed by atoms with Gasteiger partial charge in [0, 0.05) is 29.9 Å². The van der Waals surface area contributed by atoms with E-state index in [2.05, 4.69) is 10.3 Å². The Labute approximate surface area is 151 Å². The van der Waals surface area contributed by atoms with Crippen LogP contribution in [0.4, 0.5) is 0 Å². The van der Waals surface area contributed by atoms with Gasteiger partial charge in [0.25, 0.3) is 0 Å². The average Bonchev–Trinajstić information content (AvgIpc) is 3.23. The van der Waals surface area contributed by atoms with E-state index in [1.807, 2.05) is 54.7 Å². The van der Waals surface area contributed by atoms with Gasteiger partial charge in [-0.3, -0.25) is 4.79 Å². The van der Waals surface area contributed by atoms with Crippen molar-refractivity contribution in [1.29, 1.82) is 0 Å². The Bertz CT molecular complexity index is 965. The van der Waals surface area contributed by atoms with Crippen molar-refractivity contribution in [3.8, 4) is 0 Å². The number of rotatable bonds is 4. The molecule has 1 heterocycles. The highest BCUT2D eigenvalue weighted by Crippen LogP contribution is 2.31. The summed E-state index contributed by atoms with van der Waals surface area (Å²) in [6.07, 6.45) is 2.96. The summed E-state index contributed by atoms with van der Waals surface area (Å²) in [6.45, 7) is 0. The fourth-order valence-corrected chi connectivity index (χ4v) is 3.86. The number of hydrogen-bond donors (Lipinski definition) is 2. The number of methoxy groups -OCH3 is 1. The van der Waals surface area contributed by atoms with Gasteiger partial charge in [0.2, 0.25) is 5.91 Å². The summed E-state index contributed by atoms with van der Waals surface area (Å²) in [7, 11) is 1.36. The zero-order chi connectivity index (χ0) is 18.1. The van der Waals surface area contributed by atoms with Gasteiger partial charge in [-0.05, 0) is 22.8 Å². The number of H-pyrrole nitrogens is 1. The highest BCUT2D eigenvalue weighted by atomic mass is 16.5. The van der Waals surface area contributed by atoms with Crippen molar-refractivity contribution in [2.24, 2.45) is 0 Å². The predicted molar refractivity (Wildman–Crippen MR) is 98.7 cm³/mol. The fraction of sp³-hybridized carbons (Fsp3) is 0.238. The normalized spacial score (nSPS) is 14.8. The molecule has 0 bridgehead atoms. The maximum Gasteiger partial charge on any atom is 0.332 e. The lowest BCUT2D eigenvalue weighted by molar-refractivity contribution is -0.150. The minimum absolute atomic E-state index is 0.187. The molecule has 0 atom stereocenters. The predicted octanol–water partition coefficient (Wildman–Crippen LogP) is 2.54. The molecule has 26 heavy (non-hydrogen) atoms. The van der Waals surface area contributed by atoms with Crippen molar-refractivity contribution >= 4 is 22.8 Å². The monoisotopic (exact) mass is 348 g/mol. The van der Waals surface area contributed by atoms with Crippen molar-refractivity contribution in [2.45, 2.75) is 24.8 Å². The van der Waals surface area contributed by atoms with Gasteiger partial charge >= 0.3 is 5.97 Å². The molecule has 0 saturated heterocycles. The maximum atomic E-state index is 12.8. The van der Waals surface area contributed by atoms with Gasteiger partial charge in [0.1, 0.15) is 5.54 Å². The van der Waals surface area contributed by atoms with Crippen molar-refractivity contribution < 1.29 is 14.3 Å². The van der Waals surface area contributed by atoms with Crippen LogP contribution < -0.4 is 5.32 Å². The topological polar surface area (TPSA) is 71.2 Å². The first-order valence-electron chi connectivity index (χ1n) is 8.62. The molecule has 0 saturated carbocycles. The molecule has 1 aliphatic carbocycles. The maximum absolute atomic E-state index is 12.8. The number of amides is 1. The van der Waals surface area contributed by atoms with Crippen LogP contribution in [-0.4, -0.2) is 29.5 Å².